The Morgan fingerprint density at radius 2 is 1.77 bits per heavy atom. The highest BCUT2D eigenvalue weighted by molar-refractivity contribution is 5.73. The largest absolute Gasteiger partial charge is 0.331 e. The predicted molar refractivity (Wildman–Crippen MR) is 52.7 cm³/mol. The predicted octanol–water partition coefficient (Wildman–Crippen LogP) is 0.352. The van der Waals surface area contributed by atoms with Crippen molar-refractivity contribution in [3.8, 4) is 0 Å². The van der Waals surface area contributed by atoms with Gasteiger partial charge < -0.3 is 15.1 Å². The molecular weight excluding hydrogens is 166 g/mol. The highest BCUT2D eigenvalue weighted by Crippen LogP contribution is 2.10. The second-order valence-electron chi connectivity index (χ2n) is 3.77. The van der Waals surface area contributed by atoms with Crippen molar-refractivity contribution in [3.63, 3.8) is 0 Å². The third-order valence-corrected chi connectivity index (χ3v) is 2.54. The van der Waals surface area contributed by atoms with Gasteiger partial charge in [-0.15, -0.1) is 0 Å². The number of amides is 2. The van der Waals surface area contributed by atoms with Gasteiger partial charge in [-0.3, -0.25) is 0 Å². The van der Waals surface area contributed by atoms with E-state index in [2.05, 4.69) is 5.32 Å². The lowest BCUT2D eigenvalue weighted by atomic mass is 10.1. The van der Waals surface area contributed by atoms with Gasteiger partial charge in [0, 0.05) is 27.2 Å². The van der Waals surface area contributed by atoms with Crippen molar-refractivity contribution in [2.45, 2.75) is 18.9 Å². The maximum absolute atomic E-state index is 11.6. The number of nitrogens with one attached hydrogen (secondary N) is 1. The molecule has 1 heterocycles. The first kappa shape index (κ1) is 10.3. The number of rotatable bonds is 1. The number of piperidine rings is 1. The first-order valence-corrected chi connectivity index (χ1v) is 4.77. The van der Waals surface area contributed by atoms with Gasteiger partial charge in [-0.25, -0.2) is 4.79 Å². The maximum Gasteiger partial charge on any atom is 0.319 e. The molecule has 1 fully saturated rings. The molecule has 0 aromatic carbocycles. The molecule has 0 aliphatic carbocycles. The number of nitrogens with zero attached hydrogens (tertiary/aromatic N) is 2. The van der Waals surface area contributed by atoms with Crippen LogP contribution in [0.3, 0.4) is 0 Å². The highest BCUT2D eigenvalue weighted by atomic mass is 16.2. The molecule has 0 spiro atoms. The van der Waals surface area contributed by atoms with E-state index in [1.165, 1.54) is 0 Å². The van der Waals surface area contributed by atoms with Crippen LogP contribution in [0.25, 0.3) is 0 Å². The van der Waals surface area contributed by atoms with E-state index in [-0.39, 0.29) is 6.03 Å². The van der Waals surface area contributed by atoms with Crippen molar-refractivity contribution < 1.29 is 4.79 Å². The summed E-state index contributed by atoms with van der Waals surface area (Å²) in [5, 5.41) is 3.29. The van der Waals surface area contributed by atoms with Crippen molar-refractivity contribution in [3.05, 3.63) is 0 Å². The van der Waals surface area contributed by atoms with Gasteiger partial charge in [-0.2, -0.15) is 0 Å². The van der Waals surface area contributed by atoms with E-state index in [0.717, 1.165) is 25.9 Å². The van der Waals surface area contributed by atoms with Gasteiger partial charge in [0.05, 0.1) is 0 Å². The van der Waals surface area contributed by atoms with Gasteiger partial charge in [0.2, 0.25) is 0 Å². The van der Waals surface area contributed by atoms with Crippen molar-refractivity contribution in [2.24, 2.45) is 0 Å². The van der Waals surface area contributed by atoms with Gasteiger partial charge >= 0.3 is 6.03 Å². The summed E-state index contributed by atoms with van der Waals surface area (Å²) in [5.74, 6) is 0. The van der Waals surface area contributed by atoms with Gasteiger partial charge in [0.1, 0.15) is 0 Å². The van der Waals surface area contributed by atoms with Crippen LogP contribution in [0, 0.1) is 0 Å². The van der Waals surface area contributed by atoms with E-state index in [4.69, 9.17) is 0 Å². The molecule has 0 unspecified atom stereocenters. The fourth-order valence-electron chi connectivity index (χ4n) is 1.67. The van der Waals surface area contributed by atoms with Crippen LogP contribution in [-0.2, 0) is 0 Å². The number of hydrogen-bond acceptors (Lipinski definition) is 2. The van der Waals surface area contributed by atoms with Gasteiger partial charge in [-0.05, 0) is 25.9 Å². The van der Waals surface area contributed by atoms with E-state index >= 15 is 0 Å². The Labute approximate surface area is 79.9 Å². The Bertz CT molecular complexity index is 176. The van der Waals surface area contributed by atoms with Crippen LogP contribution in [0.5, 0.6) is 0 Å². The summed E-state index contributed by atoms with van der Waals surface area (Å²) in [7, 11) is 5.47. The topological polar surface area (TPSA) is 35.6 Å². The molecule has 1 aliphatic heterocycles. The van der Waals surface area contributed by atoms with Crippen molar-refractivity contribution >= 4 is 6.03 Å². The maximum atomic E-state index is 11.6. The zero-order valence-corrected chi connectivity index (χ0v) is 8.71. The minimum atomic E-state index is 0.104. The average Bonchev–Trinajstić information content (AvgIpc) is 2.17. The molecule has 13 heavy (non-hydrogen) atoms. The van der Waals surface area contributed by atoms with E-state index in [1.54, 1.807) is 19.0 Å². The molecule has 2 amide bonds. The molecule has 0 aromatic rings. The quantitative estimate of drug-likeness (QED) is 0.640. The Morgan fingerprint density at radius 3 is 2.23 bits per heavy atom. The highest BCUT2D eigenvalue weighted by Gasteiger charge is 2.22. The molecule has 1 aliphatic rings. The number of carbonyl (C=O) groups is 1. The monoisotopic (exact) mass is 185 g/mol. The summed E-state index contributed by atoms with van der Waals surface area (Å²) >= 11 is 0. The first-order valence-electron chi connectivity index (χ1n) is 4.77. The molecule has 0 aromatic heterocycles. The fraction of sp³-hybridized carbons (Fsp3) is 0.889. The smallest absolute Gasteiger partial charge is 0.319 e. The van der Waals surface area contributed by atoms with Crippen LogP contribution in [0.4, 0.5) is 4.79 Å². The lowest BCUT2D eigenvalue weighted by molar-refractivity contribution is 0.152. The molecule has 4 heteroatoms. The third-order valence-electron chi connectivity index (χ3n) is 2.54. The van der Waals surface area contributed by atoms with Crippen LogP contribution in [0.15, 0.2) is 0 Å². The lowest BCUT2D eigenvalue weighted by Gasteiger charge is -2.33. The Hall–Kier alpha value is -0.770. The number of carbonyl (C=O) groups excluding carboxylic acids is 1. The van der Waals surface area contributed by atoms with Crippen LogP contribution in [0.1, 0.15) is 12.8 Å². The minimum Gasteiger partial charge on any atom is -0.331 e. The van der Waals surface area contributed by atoms with Crippen molar-refractivity contribution in [1.82, 2.24) is 15.1 Å². The standard InChI is InChI=1S/C9H19N3O/c1-11(2)9(13)12(3)8-4-6-10-7-5-8/h8,10H,4-7H2,1-3H3. The summed E-state index contributed by atoms with van der Waals surface area (Å²) in [5.41, 5.74) is 0. The second kappa shape index (κ2) is 4.46. The molecule has 1 rings (SSSR count). The molecule has 0 radical (unpaired) electrons. The Morgan fingerprint density at radius 1 is 1.23 bits per heavy atom. The summed E-state index contributed by atoms with van der Waals surface area (Å²) in [6.07, 6.45) is 2.13. The van der Waals surface area contributed by atoms with E-state index in [9.17, 15) is 4.79 Å². The van der Waals surface area contributed by atoms with E-state index < -0.39 is 0 Å². The molecule has 76 valence electrons. The summed E-state index contributed by atoms with van der Waals surface area (Å²) < 4.78 is 0. The van der Waals surface area contributed by atoms with Crippen LogP contribution < -0.4 is 5.32 Å². The second-order valence-corrected chi connectivity index (χ2v) is 3.77. The molecular formula is C9H19N3O. The zero-order chi connectivity index (χ0) is 9.84. The Kier molecular flexibility index (Phi) is 3.54. The zero-order valence-electron chi connectivity index (χ0n) is 8.71. The van der Waals surface area contributed by atoms with Gasteiger partial charge in [-0.1, -0.05) is 0 Å². The van der Waals surface area contributed by atoms with E-state index in [0.29, 0.717) is 6.04 Å². The molecule has 0 saturated carbocycles. The first-order chi connectivity index (χ1) is 6.13. The van der Waals surface area contributed by atoms with Crippen molar-refractivity contribution in [1.29, 1.82) is 0 Å². The Balaban J connectivity index is 2.45. The van der Waals surface area contributed by atoms with Crippen LogP contribution >= 0.6 is 0 Å². The van der Waals surface area contributed by atoms with E-state index in [1.807, 2.05) is 11.9 Å². The van der Waals surface area contributed by atoms with Crippen LogP contribution in [0.2, 0.25) is 0 Å². The molecule has 0 atom stereocenters. The third kappa shape index (κ3) is 2.59. The van der Waals surface area contributed by atoms with Crippen molar-refractivity contribution in [2.75, 3.05) is 34.2 Å². The fourth-order valence-corrected chi connectivity index (χ4v) is 1.67. The molecule has 0 bridgehead atoms. The molecule has 1 saturated heterocycles. The number of urea groups is 1. The minimum absolute atomic E-state index is 0.104. The molecule has 1 N–H and O–H groups in total. The normalized spacial score (nSPS) is 18.4. The van der Waals surface area contributed by atoms with Gasteiger partial charge in [0.15, 0.2) is 0 Å². The molecule has 4 nitrogen and oxygen atoms in total. The average molecular weight is 185 g/mol. The SMILES string of the molecule is CN(C)C(=O)N(C)C1CCNCC1. The lowest BCUT2D eigenvalue weighted by Crippen LogP contribution is -2.47. The summed E-state index contributed by atoms with van der Waals surface area (Å²) in [6.45, 7) is 2.05. The summed E-state index contributed by atoms with van der Waals surface area (Å²) in [6, 6.07) is 0.517. The summed E-state index contributed by atoms with van der Waals surface area (Å²) in [4.78, 5) is 15.0. The number of hydrogen-bond donors (Lipinski definition) is 1. The van der Waals surface area contributed by atoms with Gasteiger partial charge in [0.25, 0.3) is 0 Å². The van der Waals surface area contributed by atoms with Crippen LogP contribution in [-0.4, -0.2) is 56.1 Å².